The zero-order valence-corrected chi connectivity index (χ0v) is 14.2. The van der Waals surface area contributed by atoms with Crippen molar-refractivity contribution in [2.75, 3.05) is 11.9 Å². The SMILES string of the molecule is CCCCNC(=O)c1cc(C)nc(Nc2cccc(C(C)=O)c2)n1. The summed E-state index contributed by atoms with van der Waals surface area (Å²) < 4.78 is 0. The van der Waals surface area contributed by atoms with Crippen LogP contribution in [0.4, 0.5) is 11.6 Å². The van der Waals surface area contributed by atoms with E-state index in [1.54, 1.807) is 24.3 Å². The molecule has 1 amide bonds. The van der Waals surface area contributed by atoms with Gasteiger partial charge in [-0.25, -0.2) is 9.97 Å². The van der Waals surface area contributed by atoms with Crippen LogP contribution in [0.2, 0.25) is 0 Å². The molecule has 2 rings (SSSR count). The molecule has 24 heavy (non-hydrogen) atoms. The molecule has 6 heteroatoms. The second-order valence-electron chi connectivity index (χ2n) is 5.59. The number of rotatable bonds is 7. The number of nitrogens with zero attached hydrogens (tertiary/aromatic N) is 2. The van der Waals surface area contributed by atoms with Gasteiger partial charge in [-0.2, -0.15) is 0 Å². The maximum Gasteiger partial charge on any atom is 0.270 e. The van der Waals surface area contributed by atoms with Gasteiger partial charge in [0.05, 0.1) is 0 Å². The fourth-order valence-electron chi connectivity index (χ4n) is 2.16. The van der Waals surface area contributed by atoms with Crippen LogP contribution < -0.4 is 10.6 Å². The first-order valence-corrected chi connectivity index (χ1v) is 8.01. The van der Waals surface area contributed by atoms with Crippen LogP contribution in [-0.4, -0.2) is 28.2 Å². The van der Waals surface area contributed by atoms with Gasteiger partial charge in [-0.15, -0.1) is 0 Å². The number of anilines is 2. The van der Waals surface area contributed by atoms with Crippen molar-refractivity contribution in [2.24, 2.45) is 0 Å². The molecule has 1 aromatic heterocycles. The molecule has 0 radical (unpaired) electrons. The third-order valence-electron chi connectivity index (χ3n) is 3.43. The number of carbonyl (C=O) groups excluding carboxylic acids is 2. The molecule has 2 N–H and O–H groups in total. The number of unbranched alkanes of at least 4 members (excludes halogenated alkanes) is 1. The van der Waals surface area contributed by atoms with E-state index < -0.39 is 0 Å². The number of carbonyl (C=O) groups is 2. The normalized spacial score (nSPS) is 10.3. The van der Waals surface area contributed by atoms with Crippen LogP contribution >= 0.6 is 0 Å². The summed E-state index contributed by atoms with van der Waals surface area (Å²) in [6.07, 6.45) is 1.95. The predicted octanol–water partition coefficient (Wildman–Crippen LogP) is 3.26. The van der Waals surface area contributed by atoms with Crippen molar-refractivity contribution < 1.29 is 9.59 Å². The lowest BCUT2D eigenvalue weighted by atomic mass is 10.1. The molecular formula is C18H22N4O2. The molecule has 0 fully saturated rings. The van der Waals surface area contributed by atoms with Crippen molar-refractivity contribution in [1.29, 1.82) is 0 Å². The van der Waals surface area contributed by atoms with Gasteiger partial charge in [0.2, 0.25) is 5.95 Å². The summed E-state index contributed by atoms with van der Waals surface area (Å²) in [7, 11) is 0. The van der Waals surface area contributed by atoms with Crippen LogP contribution in [0.1, 0.15) is 53.2 Å². The average Bonchev–Trinajstić information content (AvgIpc) is 2.54. The maximum absolute atomic E-state index is 12.1. The summed E-state index contributed by atoms with van der Waals surface area (Å²) in [5.74, 6) is 0.102. The Morgan fingerprint density at radius 1 is 1.17 bits per heavy atom. The quantitative estimate of drug-likeness (QED) is 0.602. The van der Waals surface area contributed by atoms with Crippen LogP contribution in [-0.2, 0) is 0 Å². The number of Topliss-reactive ketones (excluding diaryl/α,β-unsaturated/α-hetero) is 1. The van der Waals surface area contributed by atoms with Gasteiger partial charge in [0, 0.05) is 23.5 Å². The second-order valence-corrected chi connectivity index (χ2v) is 5.59. The van der Waals surface area contributed by atoms with Gasteiger partial charge in [-0.05, 0) is 38.5 Å². The minimum Gasteiger partial charge on any atom is -0.351 e. The summed E-state index contributed by atoms with van der Waals surface area (Å²) in [4.78, 5) is 32.2. The van der Waals surface area contributed by atoms with E-state index in [0.717, 1.165) is 12.8 Å². The smallest absolute Gasteiger partial charge is 0.270 e. The number of nitrogens with one attached hydrogen (secondary N) is 2. The molecule has 126 valence electrons. The topological polar surface area (TPSA) is 84.0 Å². The molecule has 0 aliphatic rings. The number of hydrogen-bond acceptors (Lipinski definition) is 5. The first-order chi connectivity index (χ1) is 11.5. The molecule has 2 aromatic rings. The second kappa shape index (κ2) is 8.19. The van der Waals surface area contributed by atoms with E-state index in [1.165, 1.54) is 6.92 Å². The van der Waals surface area contributed by atoms with Crippen molar-refractivity contribution in [2.45, 2.75) is 33.6 Å². The Labute approximate surface area is 141 Å². The lowest BCUT2D eigenvalue weighted by Gasteiger charge is -2.09. The highest BCUT2D eigenvalue weighted by Crippen LogP contribution is 2.16. The van der Waals surface area contributed by atoms with Gasteiger partial charge in [0.15, 0.2) is 5.78 Å². The molecule has 0 saturated heterocycles. The number of amides is 1. The molecule has 0 saturated carbocycles. The van der Waals surface area contributed by atoms with Crippen LogP contribution in [0.3, 0.4) is 0 Å². The molecular weight excluding hydrogens is 304 g/mol. The van der Waals surface area contributed by atoms with Gasteiger partial charge in [0.25, 0.3) is 5.91 Å². The zero-order chi connectivity index (χ0) is 17.5. The van der Waals surface area contributed by atoms with E-state index in [2.05, 4.69) is 27.5 Å². The van der Waals surface area contributed by atoms with E-state index in [9.17, 15) is 9.59 Å². The van der Waals surface area contributed by atoms with Crippen molar-refractivity contribution in [1.82, 2.24) is 15.3 Å². The van der Waals surface area contributed by atoms with E-state index in [4.69, 9.17) is 0 Å². The van der Waals surface area contributed by atoms with Gasteiger partial charge < -0.3 is 10.6 Å². The summed E-state index contributed by atoms with van der Waals surface area (Å²) in [6.45, 7) is 6.02. The highest BCUT2D eigenvalue weighted by molar-refractivity contribution is 5.95. The Kier molecular flexibility index (Phi) is 6.01. The van der Waals surface area contributed by atoms with Gasteiger partial charge in [-0.1, -0.05) is 25.5 Å². The average molecular weight is 326 g/mol. The number of aromatic nitrogens is 2. The lowest BCUT2D eigenvalue weighted by molar-refractivity contribution is 0.0947. The van der Waals surface area contributed by atoms with E-state index >= 15 is 0 Å². The lowest BCUT2D eigenvalue weighted by Crippen LogP contribution is -2.25. The monoisotopic (exact) mass is 326 g/mol. The van der Waals surface area contributed by atoms with Crippen molar-refractivity contribution in [3.63, 3.8) is 0 Å². The highest BCUT2D eigenvalue weighted by Gasteiger charge is 2.10. The Morgan fingerprint density at radius 2 is 1.96 bits per heavy atom. The Bertz CT molecular complexity index is 744. The molecule has 0 aliphatic carbocycles. The minimum absolute atomic E-state index is 0.0141. The standard InChI is InChI=1S/C18H22N4O2/c1-4-5-9-19-17(24)16-10-12(2)20-18(22-16)21-15-8-6-7-14(11-15)13(3)23/h6-8,10-11H,4-5,9H2,1-3H3,(H,19,24)(H,20,21,22). The Morgan fingerprint density at radius 3 is 2.67 bits per heavy atom. The molecule has 1 aromatic carbocycles. The summed E-state index contributed by atoms with van der Waals surface area (Å²) >= 11 is 0. The van der Waals surface area contributed by atoms with Crippen molar-refractivity contribution >= 4 is 23.3 Å². The number of aryl methyl sites for hydroxylation is 1. The molecule has 0 aliphatic heterocycles. The molecule has 0 atom stereocenters. The molecule has 6 nitrogen and oxygen atoms in total. The minimum atomic E-state index is -0.213. The Balaban J connectivity index is 2.17. The fraction of sp³-hybridized carbons (Fsp3) is 0.333. The molecule has 0 spiro atoms. The maximum atomic E-state index is 12.1. The van der Waals surface area contributed by atoms with Gasteiger partial charge in [0.1, 0.15) is 5.69 Å². The third-order valence-corrected chi connectivity index (χ3v) is 3.43. The van der Waals surface area contributed by atoms with Crippen LogP contribution in [0.15, 0.2) is 30.3 Å². The summed E-state index contributed by atoms with van der Waals surface area (Å²) in [5.41, 5.74) is 2.32. The molecule has 0 unspecified atom stereocenters. The van der Waals surface area contributed by atoms with E-state index in [-0.39, 0.29) is 11.7 Å². The van der Waals surface area contributed by atoms with Gasteiger partial charge >= 0.3 is 0 Å². The number of hydrogen-bond donors (Lipinski definition) is 2. The summed E-state index contributed by atoms with van der Waals surface area (Å²) in [5, 5.41) is 5.89. The van der Waals surface area contributed by atoms with Crippen LogP contribution in [0, 0.1) is 6.92 Å². The first-order valence-electron chi connectivity index (χ1n) is 8.01. The third kappa shape index (κ3) is 4.87. The Hall–Kier alpha value is -2.76. The van der Waals surface area contributed by atoms with Crippen molar-refractivity contribution in [3.8, 4) is 0 Å². The van der Waals surface area contributed by atoms with E-state index in [0.29, 0.717) is 35.1 Å². The van der Waals surface area contributed by atoms with Crippen LogP contribution in [0.25, 0.3) is 0 Å². The summed E-state index contributed by atoms with van der Waals surface area (Å²) in [6, 6.07) is 8.73. The van der Waals surface area contributed by atoms with Crippen molar-refractivity contribution in [3.05, 3.63) is 47.3 Å². The van der Waals surface area contributed by atoms with E-state index in [1.807, 2.05) is 13.0 Å². The fourth-order valence-corrected chi connectivity index (χ4v) is 2.16. The first kappa shape index (κ1) is 17.6. The van der Waals surface area contributed by atoms with Gasteiger partial charge in [-0.3, -0.25) is 9.59 Å². The number of benzene rings is 1. The van der Waals surface area contributed by atoms with Crippen LogP contribution in [0.5, 0.6) is 0 Å². The largest absolute Gasteiger partial charge is 0.351 e. The molecule has 1 heterocycles. The highest BCUT2D eigenvalue weighted by atomic mass is 16.1. The number of ketones is 1. The predicted molar refractivity (Wildman–Crippen MR) is 93.7 cm³/mol. The zero-order valence-electron chi connectivity index (χ0n) is 14.2. The molecule has 0 bridgehead atoms.